The lowest BCUT2D eigenvalue weighted by molar-refractivity contribution is -0.134. The summed E-state index contributed by atoms with van der Waals surface area (Å²) in [6.07, 6.45) is 19.5. The molecule has 2 N–H and O–H groups in total. The van der Waals surface area contributed by atoms with Crippen LogP contribution in [0, 0.1) is 5.92 Å². The molecule has 0 aromatic rings. The molecule has 0 spiro atoms. The molecule has 1 aliphatic carbocycles. The molecule has 27 heavy (non-hydrogen) atoms. The van der Waals surface area contributed by atoms with Crippen LogP contribution in [-0.4, -0.2) is 81.7 Å². The third-order valence-electron chi connectivity index (χ3n) is 5.21. The van der Waals surface area contributed by atoms with Gasteiger partial charge in [0.05, 0.1) is 18.1 Å². The van der Waals surface area contributed by atoms with Gasteiger partial charge in [0, 0.05) is 57.2 Å². The predicted octanol–water partition coefficient (Wildman–Crippen LogP) is 1.15. The van der Waals surface area contributed by atoms with Crippen molar-refractivity contribution in [1.82, 2.24) is 14.7 Å². The fourth-order valence-electron chi connectivity index (χ4n) is 4.05. The number of aliphatic carboxylic acids is 2. The molecule has 4 rings (SSSR count). The minimum absolute atomic E-state index is 0.527. The largest absolute Gasteiger partial charge is 0.478 e. The van der Waals surface area contributed by atoms with Crippen LogP contribution >= 0.6 is 0 Å². The first-order valence-electron chi connectivity index (χ1n) is 9.01. The Kier molecular flexibility index (Phi) is 5.81. The Morgan fingerprint density at radius 1 is 0.963 bits per heavy atom. The molecule has 3 heterocycles. The first kappa shape index (κ1) is 19.0. The van der Waals surface area contributed by atoms with Crippen LogP contribution in [0.5, 0.6) is 0 Å². The van der Waals surface area contributed by atoms with E-state index < -0.39 is 11.9 Å². The number of carboxylic acids is 2. The summed E-state index contributed by atoms with van der Waals surface area (Å²) in [6, 6.07) is 1.67. The minimum atomic E-state index is -1.26. The SMILES string of the molecule is CN1C=CN2C3C=CC=CC3CN3CC=CC3C2C1.O=C(O)/C=C\C(=O)O. The molecular formula is C20H25N3O4. The highest BCUT2D eigenvalue weighted by Gasteiger charge is 2.42. The van der Waals surface area contributed by atoms with Crippen molar-refractivity contribution < 1.29 is 19.8 Å². The van der Waals surface area contributed by atoms with Crippen molar-refractivity contribution in [2.45, 2.75) is 18.1 Å². The molecule has 0 aromatic heterocycles. The maximum atomic E-state index is 9.55. The quantitative estimate of drug-likeness (QED) is 0.556. The maximum absolute atomic E-state index is 9.55. The first-order chi connectivity index (χ1) is 13.0. The van der Waals surface area contributed by atoms with Gasteiger partial charge in [0.2, 0.25) is 0 Å². The Bertz CT molecular complexity index is 709. The Balaban J connectivity index is 0.000000226. The van der Waals surface area contributed by atoms with Gasteiger partial charge in [0.15, 0.2) is 0 Å². The van der Waals surface area contributed by atoms with Crippen molar-refractivity contribution in [3.63, 3.8) is 0 Å². The number of hydrogen-bond acceptors (Lipinski definition) is 5. The number of allylic oxidation sites excluding steroid dienone is 2. The van der Waals surface area contributed by atoms with E-state index in [2.05, 4.69) is 70.6 Å². The first-order valence-corrected chi connectivity index (χ1v) is 9.01. The smallest absolute Gasteiger partial charge is 0.328 e. The maximum Gasteiger partial charge on any atom is 0.328 e. The van der Waals surface area contributed by atoms with E-state index in [-0.39, 0.29) is 0 Å². The van der Waals surface area contributed by atoms with E-state index in [1.54, 1.807) is 0 Å². The molecule has 4 aliphatic rings. The molecule has 4 atom stereocenters. The Labute approximate surface area is 158 Å². The summed E-state index contributed by atoms with van der Waals surface area (Å²) >= 11 is 0. The summed E-state index contributed by atoms with van der Waals surface area (Å²) in [4.78, 5) is 26.6. The topological polar surface area (TPSA) is 84.3 Å². The van der Waals surface area contributed by atoms with Gasteiger partial charge in [-0.25, -0.2) is 9.59 Å². The van der Waals surface area contributed by atoms with Crippen LogP contribution in [0.4, 0.5) is 0 Å². The van der Waals surface area contributed by atoms with E-state index in [0.29, 0.717) is 36.2 Å². The summed E-state index contributed by atoms with van der Waals surface area (Å²) in [5, 5.41) is 15.6. The van der Waals surface area contributed by atoms with Crippen LogP contribution in [0.3, 0.4) is 0 Å². The van der Waals surface area contributed by atoms with Crippen LogP contribution in [0.2, 0.25) is 0 Å². The minimum Gasteiger partial charge on any atom is -0.478 e. The number of hydrogen-bond donors (Lipinski definition) is 2. The number of fused-ring (bicyclic) bond motifs is 5. The Hall–Kier alpha value is -2.80. The number of likely N-dealkylation sites (N-methyl/N-ethyl adjacent to an activating group) is 1. The predicted molar refractivity (Wildman–Crippen MR) is 102 cm³/mol. The van der Waals surface area contributed by atoms with Gasteiger partial charge in [-0.1, -0.05) is 36.5 Å². The normalized spacial score (nSPS) is 31.0. The zero-order chi connectivity index (χ0) is 19.4. The average Bonchev–Trinajstić information content (AvgIpc) is 3.04. The summed E-state index contributed by atoms with van der Waals surface area (Å²) in [6.45, 7) is 3.40. The van der Waals surface area contributed by atoms with Gasteiger partial charge in [-0.05, 0) is 0 Å². The van der Waals surface area contributed by atoms with Crippen LogP contribution in [0.25, 0.3) is 0 Å². The molecule has 0 amide bonds. The second kappa shape index (κ2) is 8.26. The van der Waals surface area contributed by atoms with E-state index >= 15 is 0 Å². The zero-order valence-corrected chi connectivity index (χ0v) is 15.3. The van der Waals surface area contributed by atoms with E-state index in [9.17, 15) is 9.59 Å². The van der Waals surface area contributed by atoms with Crippen molar-refractivity contribution in [2.24, 2.45) is 5.92 Å². The standard InChI is InChI=1S/C16H21N3.C4H4O4/c1-17-9-10-19-14-6-3-2-5-13(14)11-18-8-4-7-15(18)16(19)12-17;5-3(6)1-2-4(7)8/h2-7,9-10,13-16H,8,11-12H2,1H3;1-2H,(H,5,6)(H,7,8)/b;2-1-. The van der Waals surface area contributed by atoms with Crippen molar-refractivity contribution >= 4 is 11.9 Å². The van der Waals surface area contributed by atoms with Crippen molar-refractivity contribution in [1.29, 1.82) is 0 Å². The molecule has 0 saturated carbocycles. The van der Waals surface area contributed by atoms with Gasteiger partial charge in [-0.2, -0.15) is 0 Å². The lowest BCUT2D eigenvalue weighted by atomic mass is 9.93. The monoisotopic (exact) mass is 371 g/mol. The molecule has 0 radical (unpaired) electrons. The van der Waals surface area contributed by atoms with Crippen molar-refractivity contribution in [3.05, 3.63) is 61.0 Å². The molecule has 3 aliphatic heterocycles. The lowest BCUT2D eigenvalue weighted by Crippen LogP contribution is -2.53. The molecule has 7 heteroatoms. The van der Waals surface area contributed by atoms with E-state index in [0.717, 1.165) is 13.1 Å². The highest BCUT2D eigenvalue weighted by molar-refractivity contribution is 5.89. The van der Waals surface area contributed by atoms with Gasteiger partial charge in [-0.15, -0.1) is 0 Å². The fraction of sp³-hybridized carbons (Fsp3) is 0.400. The van der Waals surface area contributed by atoms with Gasteiger partial charge >= 0.3 is 11.9 Å². The van der Waals surface area contributed by atoms with Crippen molar-refractivity contribution in [2.75, 3.05) is 26.7 Å². The van der Waals surface area contributed by atoms with Gasteiger partial charge in [0.1, 0.15) is 0 Å². The van der Waals surface area contributed by atoms with E-state index in [1.807, 2.05) is 0 Å². The second-order valence-electron chi connectivity index (χ2n) is 7.06. The highest BCUT2D eigenvalue weighted by atomic mass is 16.4. The van der Waals surface area contributed by atoms with Gasteiger partial charge in [-0.3, -0.25) is 4.90 Å². The molecule has 7 nitrogen and oxygen atoms in total. The lowest BCUT2D eigenvalue weighted by Gasteiger charge is -2.43. The number of carbonyl (C=O) groups is 2. The molecule has 4 unspecified atom stereocenters. The third kappa shape index (κ3) is 4.49. The number of rotatable bonds is 2. The van der Waals surface area contributed by atoms with Crippen LogP contribution < -0.4 is 0 Å². The van der Waals surface area contributed by atoms with Crippen molar-refractivity contribution in [3.8, 4) is 0 Å². The number of nitrogens with zero attached hydrogens (tertiary/aromatic N) is 3. The second-order valence-corrected chi connectivity index (χ2v) is 7.06. The van der Waals surface area contributed by atoms with Crippen LogP contribution in [0.15, 0.2) is 61.0 Å². The van der Waals surface area contributed by atoms with Crippen LogP contribution in [0.1, 0.15) is 0 Å². The molecule has 0 aromatic carbocycles. The third-order valence-corrected chi connectivity index (χ3v) is 5.21. The summed E-state index contributed by atoms with van der Waals surface area (Å²) in [5.41, 5.74) is 0. The summed E-state index contributed by atoms with van der Waals surface area (Å²) in [5.74, 6) is -1.90. The summed E-state index contributed by atoms with van der Waals surface area (Å²) in [7, 11) is 2.18. The molecule has 144 valence electrons. The molecular weight excluding hydrogens is 346 g/mol. The molecule has 0 bridgehead atoms. The molecule has 1 fully saturated rings. The van der Waals surface area contributed by atoms with Gasteiger partial charge < -0.3 is 20.0 Å². The Morgan fingerprint density at radius 2 is 1.67 bits per heavy atom. The van der Waals surface area contributed by atoms with Gasteiger partial charge in [0.25, 0.3) is 0 Å². The Morgan fingerprint density at radius 3 is 2.37 bits per heavy atom. The highest BCUT2D eigenvalue weighted by Crippen LogP contribution is 2.33. The van der Waals surface area contributed by atoms with E-state index in [1.165, 1.54) is 6.54 Å². The zero-order valence-electron chi connectivity index (χ0n) is 15.3. The average molecular weight is 371 g/mol. The fourth-order valence-corrected chi connectivity index (χ4v) is 4.05. The number of carboxylic acid groups (broad SMARTS) is 2. The summed E-state index contributed by atoms with van der Waals surface area (Å²) < 4.78 is 0. The van der Waals surface area contributed by atoms with Crippen LogP contribution in [-0.2, 0) is 9.59 Å². The molecule has 1 saturated heterocycles. The van der Waals surface area contributed by atoms with E-state index in [4.69, 9.17) is 10.2 Å².